The number of likely N-dealkylation sites (tertiary alicyclic amines) is 1. The summed E-state index contributed by atoms with van der Waals surface area (Å²) in [6, 6.07) is 0.610. The molecule has 0 radical (unpaired) electrons. The molecule has 0 aliphatic carbocycles. The van der Waals surface area contributed by atoms with Crippen molar-refractivity contribution in [2.75, 3.05) is 6.54 Å². The first-order valence-electron chi connectivity index (χ1n) is 6.32. The molecule has 1 aliphatic rings. The lowest BCUT2D eigenvalue weighted by Crippen LogP contribution is -2.45. The van der Waals surface area contributed by atoms with Crippen LogP contribution in [0.4, 0.5) is 0 Å². The van der Waals surface area contributed by atoms with Crippen LogP contribution in [-0.2, 0) is 0 Å². The van der Waals surface area contributed by atoms with Gasteiger partial charge in [-0.2, -0.15) is 0 Å². The Bertz CT molecular complexity index is 215. The molecule has 1 unspecified atom stereocenters. The highest BCUT2D eigenvalue weighted by atomic mass is 15.2. The molecule has 15 heavy (non-hydrogen) atoms. The number of hydrogen-bond acceptors (Lipinski definition) is 1. The van der Waals surface area contributed by atoms with E-state index in [9.17, 15) is 0 Å². The summed E-state index contributed by atoms with van der Waals surface area (Å²) in [5, 5.41) is 8.29. The van der Waals surface area contributed by atoms with Crippen molar-refractivity contribution < 1.29 is 0 Å². The van der Waals surface area contributed by atoms with Crippen LogP contribution in [0.2, 0.25) is 0 Å². The summed E-state index contributed by atoms with van der Waals surface area (Å²) < 4.78 is 0. The first-order valence-corrected chi connectivity index (χ1v) is 6.32. The highest BCUT2D eigenvalue weighted by molar-refractivity contribution is 5.84. The predicted molar refractivity (Wildman–Crippen MR) is 66.4 cm³/mol. The minimum Gasteiger partial charge on any atom is -0.357 e. The maximum Gasteiger partial charge on any atom is 0.101 e. The highest BCUT2D eigenvalue weighted by Gasteiger charge is 2.28. The quantitative estimate of drug-likeness (QED) is 0.519. The molecular formula is C13H26N2. The molecule has 1 rings (SSSR count). The van der Waals surface area contributed by atoms with Gasteiger partial charge in [0, 0.05) is 18.0 Å². The smallest absolute Gasteiger partial charge is 0.101 e. The van der Waals surface area contributed by atoms with E-state index in [-0.39, 0.29) is 5.41 Å². The van der Waals surface area contributed by atoms with Crippen LogP contribution in [-0.4, -0.2) is 23.3 Å². The summed E-state index contributed by atoms with van der Waals surface area (Å²) in [4.78, 5) is 2.35. The predicted octanol–water partition coefficient (Wildman–Crippen LogP) is 3.66. The van der Waals surface area contributed by atoms with Gasteiger partial charge in [0.25, 0.3) is 0 Å². The molecule has 2 heteroatoms. The van der Waals surface area contributed by atoms with Gasteiger partial charge in [-0.3, -0.25) is 5.41 Å². The number of nitrogens with one attached hydrogen (secondary N) is 1. The maximum atomic E-state index is 8.29. The summed E-state index contributed by atoms with van der Waals surface area (Å²) in [6.45, 7) is 9.78. The van der Waals surface area contributed by atoms with Crippen molar-refractivity contribution >= 4 is 5.84 Å². The average Bonchev–Trinajstić information content (AvgIpc) is 2.39. The normalized spacial score (nSPS) is 23.7. The van der Waals surface area contributed by atoms with Crippen LogP contribution in [0.5, 0.6) is 0 Å². The van der Waals surface area contributed by atoms with Gasteiger partial charge in [-0.25, -0.2) is 0 Å². The van der Waals surface area contributed by atoms with Crippen LogP contribution in [0.15, 0.2) is 0 Å². The molecule has 0 saturated carbocycles. The van der Waals surface area contributed by atoms with E-state index in [2.05, 4.69) is 32.6 Å². The van der Waals surface area contributed by atoms with E-state index in [1.807, 2.05) is 0 Å². The zero-order chi connectivity index (χ0) is 11.5. The van der Waals surface area contributed by atoms with Crippen molar-refractivity contribution in [3.8, 4) is 0 Å². The number of rotatable bonds is 1. The summed E-state index contributed by atoms with van der Waals surface area (Å²) >= 11 is 0. The van der Waals surface area contributed by atoms with E-state index in [1.54, 1.807) is 0 Å². The molecule has 0 aromatic rings. The van der Waals surface area contributed by atoms with Crippen LogP contribution < -0.4 is 0 Å². The average molecular weight is 210 g/mol. The van der Waals surface area contributed by atoms with Crippen LogP contribution in [0.1, 0.15) is 59.8 Å². The van der Waals surface area contributed by atoms with E-state index in [0.29, 0.717) is 6.04 Å². The Morgan fingerprint density at radius 2 is 1.93 bits per heavy atom. The van der Waals surface area contributed by atoms with Crippen molar-refractivity contribution in [3.05, 3.63) is 0 Å². The molecule has 0 aromatic heterocycles. The lowest BCUT2D eigenvalue weighted by molar-refractivity contribution is 0.277. The molecule has 1 atom stereocenters. The fraction of sp³-hybridized carbons (Fsp3) is 0.923. The van der Waals surface area contributed by atoms with Crippen molar-refractivity contribution in [1.82, 2.24) is 4.90 Å². The molecule has 1 saturated heterocycles. The van der Waals surface area contributed by atoms with Gasteiger partial charge >= 0.3 is 0 Å². The minimum absolute atomic E-state index is 0.00222. The Kier molecular flexibility index (Phi) is 4.18. The lowest BCUT2D eigenvalue weighted by atomic mass is 9.92. The second kappa shape index (κ2) is 5.00. The molecule has 2 nitrogen and oxygen atoms in total. The van der Waals surface area contributed by atoms with Crippen molar-refractivity contribution in [1.29, 1.82) is 5.41 Å². The first kappa shape index (κ1) is 12.5. The van der Waals surface area contributed by atoms with Gasteiger partial charge in [0.15, 0.2) is 0 Å². The summed E-state index contributed by atoms with van der Waals surface area (Å²) in [5.74, 6) is 0.830. The van der Waals surface area contributed by atoms with Gasteiger partial charge in [0.1, 0.15) is 5.84 Å². The van der Waals surface area contributed by atoms with Gasteiger partial charge in [-0.15, -0.1) is 0 Å². The third kappa shape index (κ3) is 3.22. The SMILES string of the molecule is CCC1CCCCCN1C(=N)C(C)(C)C. The third-order valence-electron chi connectivity index (χ3n) is 3.35. The van der Waals surface area contributed by atoms with E-state index in [4.69, 9.17) is 5.41 Å². The van der Waals surface area contributed by atoms with Gasteiger partial charge < -0.3 is 4.90 Å². The number of nitrogens with zero attached hydrogens (tertiary/aromatic N) is 1. The molecule has 0 bridgehead atoms. The largest absolute Gasteiger partial charge is 0.357 e. The van der Waals surface area contributed by atoms with Crippen LogP contribution in [0.3, 0.4) is 0 Å². The van der Waals surface area contributed by atoms with Gasteiger partial charge in [-0.1, -0.05) is 40.5 Å². The van der Waals surface area contributed by atoms with E-state index in [1.165, 1.54) is 32.1 Å². The Labute approximate surface area is 94.6 Å². The van der Waals surface area contributed by atoms with Crippen LogP contribution in [0.25, 0.3) is 0 Å². The molecule has 1 aliphatic heterocycles. The van der Waals surface area contributed by atoms with Crippen LogP contribution >= 0.6 is 0 Å². The topological polar surface area (TPSA) is 27.1 Å². The number of amidine groups is 1. The standard InChI is InChI=1S/C13H26N2/c1-5-11-9-7-6-8-10-15(11)12(14)13(2,3)4/h11,14H,5-10H2,1-4H3. The monoisotopic (exact) mass is 210 g/mol. The van der Waals surface area contributed by atoms with E-state index in [0.717, 1.165) is 12.4 Å². The second-order valence-electron chi connectivity index (χ2n) is 5.70. The zero-order valence-corrected chi connectivity index (χ0v) is 10.8. The summed E-state index contributed by atoms with van der Waals surface area (Å²) in [5.41, 5.74) is -0.00222. The minimum atomic E-state index is -0.00222. The molecule has 1 heterocycles. The zero-order valence-electron chi connectivity index (χ0n) is 10.8. The molecule has 0 amide bonds. The summed E-state index contributed by atoms with van der Waals surface area (Å²) in [6.07, 6.45) is 6.39. The van der Waals surface area contributed by atoms with Crippen LogP contribution in [0, 0.1) is 10.8 Å². The highest BCUT2D eigenvalue weighted by Crippen LogP contribution is 2.25. The van der Waals surface area contributed by atoms with Crippen molar-refractivity contribution in [2.45, 2.75) is 65.8 Å². The molecule has 0 aromatic carbocycles. The molecule has 1 N–H and O–H groups in total. The fourth-order valence-corrected chi connectivity index (χ4v) is 2.33. The second-order valence-corrected chi connectivity index (χ2v) is 5.70. The maximum absolute atomic E-state index is 8.29. The Morgan fingerprint density at radius 3 is 2.47 bits per heavy atom. The molecule has 0 spiro atoms. The number of hydrogen-bond donors (Lipinski definition) is 1. The Hall–Kier alpha value is -0.530. The Balaban J connectivity index is 2.74. The molecular weight excluding hydrogens is 184 g/mol. The molecule has 88 valence electrons. The van der Waals surface area contributed by atoms with Crippen molar-refractivity contribution in [2.24, 2.45) is 5.41 Å². The fourth-order valence-electron chi connectivity index (χ4n) is 2.33. The lowest BCUT2D eigenvalue weighted by Gasteiger charge is -2.37. The van der Waals surface area contributed by atoms with E-state index < -0.39 is 0 Å². The summed E-state index contributed by atoms with van der Waals surface area (Å²) in [7, 11) is 0. The van der Waals surface area contributed by atoms with Gasteiger partial charge in [0.05, 0.1) is 0 Å². The molecule has 1 fully saturated rings. The first-order chi connectivity index (χ1) is 6.96. The Morgan fingerprint density at radius 1 is 1.27 bits per heavy atom. The third-order valence-corrected chi connectivity index (χ3v) is 3.35. The van der Waals surface area contributed by atoms with Crippen molar-refractivity contribution in [3.63, 3.8) is 0 Å². The van der Waals surface area contributed by atoms with Gasteiger partial charge in [0.2, 0.25) is 0 Å². The van der Waals surface area contributed by atoms with E-state index >= 15 is 0 Å². The van der Waals surface area contributed by atoms with Gasteiger partial charge in [-0.05, 0) is 19.3 Å².